The first-order valence-corrected chi connectivity index (χ1v) is 6.06. The minimum atomic E-state index is -0.525. The van der Waals surface area contributed by atoms with E-state index in [1.807, 2.05) is 12.1 Å². The number of carbonyl (C=O) groups is 1. The fraction of sp³-hybridized carbons (Fsp3) is 0.0833. The van der Waals surface area contributed by atoms with Crippen molar-refractivity contribution in [2.24, 2.45) is 0 Å². The minimum absolute atomic E-state index is 0.0168. The number of carbonyl (C=O) groups excluding carboxylic acids is 1. The molecule has 1 amide bonds. The number of nitrogens with zero attached hydrogens (tertiary/aromatic N) is 1. The van der Waals surface area contributed by atoms with Gasteiger partial charge in [-0.2, -0.15) is 4.98 Å². The Bertz CT molecular complexity index is 669. The standard InChI is InChI=1S/C12H12ClN5O2/c13-8-3-1-7(2-4-8)5-15-10-9(16-6-19)11(20)18-12(14)17-10/h1-4,6H,5H2,(H,16,19)(H4,14,15,17,18,20). The molecule has 0 spiro atoms. The molecule has 7 nitrogen and oxygen atoms in total. The van der Waals surface area contributed by atoms with Crippen molar-refractivity contribution in [1.29, 1.82) is 0 Å². The van der Waals surface area contributed by atoms with Gasteiger partial charge in [-0.25, -0.2) is 0 Å². The first-order chi connectivity index (χ1) is 9.60. The molecule has 0 atom stereocenters. The Morgan fingerprint density at radius 2 is 2.05 bits per heavy atom. The predicted molar refractivity (Wildman–Crippen MR) is 77.7 cm³/mol. The molecule has 0 aliphatic rings. The summed E-state index contributed by atoms with van der Waals surface area (Å²) in [7, 11) is 0. The number of halogens is 1. The normalized spacial score (nSPS) is 10.1. The lowest BCUT2D eigenvalue weighted by Gasteiger charge is -2.10. The number of benzene rings is 1. The van der Waals surface area contributed by atoms with E-state index in [-0.39, 0.29) is 17.5 Å². The van der Waals surface area contributed by atoms with Crippen LogP contribution in [-0.2, 0) is 11.3 Å². The molecular formula is C12H12ClN5O2. The average molecular weight is 294 g/mol. The summed E-state index contributed by atoms with van der Waals surface area (Å²) in [5.41, 5.74) is 5.90. The molecule has 1 aromatic heterocycles. The number of rotatable bonds is 5. The number of anilines is 3. The fourth-order valence-corrected chi connectivity index (χ4v) is 1.73. The summed E-state index contributed by atoms with van der Waals surface area (Å²) in [4.78, 5) is 28.4. The zero-order chi connectivity index (χ0) is 14.5. The summed E-state index contributed by atoms with van der Waals surface area (Å²) in [5.74, 6) is 0.165. The molecule has 0 unspecified atom stereocenters. The van der Waals surface area contributed by atoms with Crippen LogP contribution in [0.3, 0.4) is 0 Å². The van der Waals surface area contributed by atoms with Crippen LogP contribution in [0.5, 0.6) is 0 Å². The molecule has 0 aliphatic heterocycles. The summed E-state index contributed by atoms with van der Waals surface area (Å²) in [6, 6.07) is 7.17. The highest BCUT2D eigenvalue weighted by Gasteiger charge is 2.09. The first-order valence-electron chi connectivity index (χ1n) is 5.68. The third-order valence-electron chi connectivity index (χ3n) is 2.51. The molecule has 0 radical (unpaired) electrons. The van der Waals surface area contributed by atoms with Crippen molar-refractivity contribution < 1.29 is 4.79 Å². The summed E-state index contributed by atoms with van der Waals surface area (Å²) in [6.45, 7) is 0.403. The molecule has 2 aromatic rings. The molecule has 2 rings (SSSR count). The van der Waals surface area contributed by atoms with Gasteiger partial charge in [0.05, 0.1) is 0 Å². The molecule has 5 N–H and O–H groups in total. The lowest BCUT2D eigenvalue weighted by atomic mass is 10.2. The zero-order valence-corrected chi connectivity index (χ0v) is 11.1. The predicted octanol–water partition coefficient (Wildman–Crippen LogP) is 1.19. The number of hydrogen-bond acceptors (Lipinski definition) is 5. The van der Waals surface area contributed by atoms with E-state index in [4.69, 9.17) is 17.3 Å². The Hall–Kier alpha value is -2.54. The third kappa shape index (κ3) is 3.27. The van der Waals surface area contributed by atoms with Gasteiger partial charge >= 0.3 is 0 Å². The SMILES string of the molecule is Nc1nc(NCc2ccc(Cl)cc2)c(NC=O)c(=O)[nH]1. The Labute approximate surface area is 119 Å². The van der Waals surface area contributed by atoms with Crippen molar-refractivity contribution in [3.05, 3.63) is 45.2 Å². The number of aromatic nitrogens is 2. The van der Waals surface area contributed by atoms with Gasteiger partial charge in [-0.05, 0) is 17.7 Å². The molecule has 0 saturated heterocycles. The van der Waals surface area contributed by atoms with Crippen molar-refractivity contribution >= 4 is 35.5 Å². The molecule has 1 aromatic carbocycles. The Kier molecular flexibility index (Phi) is 4.21. The number of hydrogen-bond donors (Lipinski definition) is 4. The maximum atomic E-state index is 11.7. The second-order valence-electron chi connectivity index (χ2n) is 3.92. The summed E-state index contributed by atoms with van der Waals surface area (Å²) >= 11 is 5.79. The van der Waals surface area contributed by atoms with Gasteiger partial charge in [-0.15, -0.1) is 0 Å². The Morgan fingerprint density at radius 3 is 2.70 bits per heavy atom. The molecule has 0 aliphatic carbocycles. The van der Waals surface area contributed by atoms with Gasteiger partial charge in [0.15, 0.2) is 5.82 Å². The molecule has 0 saturated carbocycles. The largest absolute Gasteiger partial charge is 0.369 e. The topological polar surface area (TPSA) is 113 Å². The molecular weight excluding hydrogens is 282 g/mol. The first kappa shape index (κ1) is 13.9. The lowest BCUT2D eigenvalue weighted by Crippen LogP contribution is -2.19. The summed E-state index contributed by atoms with van der Waals surface area (Å²) in [6.07, 6.45) is 0.399. The van der Waals surface area contributed by atoms with E-state index in [1.165, 1.54) is 0 Å². The minimum Gasteiger partial charge on any atom is -0.369 e. The second kappa shape index (κ2) is 6.07. The average Bonchev–Trinajstić information content (AvgIpc) is 2.41. The lowest BCUT2D eigenvalue weighted by molar-refractivity contribution is -0.105. The number of nitrogens with one attached hydrogen (secondary N) is 3. The quantitative estimate of drug-likeness (QED) is 0.618. The smallest absolute Gasteiger partial charge is 0.278 e. The van der Waals surface area contributed by atoms with Gasteiger partial charge < -0.3 is 16.4 Å². The fourth-order valence-electron chi connectivity index (χ4n) is 1.60. The van der Waals surface area contributed by atoms with E-state index < -0.39 is 5.56 Å². The summed E-state index contributed by atoms with van der Waals surface area (Å²) < 4.78 is 0. The van der Waals surface area contributed by atoms with E-state index in [0.29, 0.717) is 18.0 Å². The van der Waals surface area contributed by atoms with Crippen LogP contribution in [0, 0.1) is 0 Å². The van der Waals surface area contributed by atoms with Crippen LogP contribution in [0.15, 0.2) is 29.1 Å². The molecule has 1 heterocycles. The highest BCUT2D eigenvalue weighted by molar-refractivity contribution is 6.30. The van der Waals surface area contributed by atoms with Crippen LogP contribution in [0.4, 0.5) is 17.5 Å². The van der Waals surface area contributed by atoms with Gasteiger partial charge in [0.1, 0.15) is 5.69 Å². The Morgan fingerprint density at radius 1 is 1.35 bits per heavy atom. The van der Waals surface area contributed by atoms with E-state index in [1.54, 1.807) is 12.1 Å². The highest BCUT2D eigenvalue weighted by atomic mass is 35.5. The van der Waals surface area contributed by atoms with Crippen LogP contribution >= 0.6 is 11.6 Å². The van der Waals surface area contributed by atoms with Crippen molar-refractivity contribution in [3.8, 4) is 0 Å². The monoisotopic (exact) mass is 293 g/mol. The van der Waals surface area contributed by atoms with Crippen molar-refractivity contribution in [2.45, 2.75) is 6.54 Å². The number of amides is 1. The highest BCUT2D eigenvalue weighted by Crippen LogP contribution is 2.16. The number of nitrogen functional groups attached to an aromatic ring is 1. The number of aromatic amines is 1. The molecule has 0 bridgehead atoms. The summed E-state index contributed by atoms with van der Waals surface area (Å²) in [5, 5.41) is 5.87. The van der Waals surface area contributed by atoms with Crippen molar-refractivity contribution in [1.82, 2.24) is 9.97 Å². The van der Waals surface area contributed by atoms with Crippen molar-refractivity contribution in [3.63, 3.8) is 0 Å². The molecule has 20 heavy (non-hydrogen) atoms. The van der Waals surface area contributed by atoms with Gasteiger partial charge in [0, 0.05) is 11.6 Å². The third-order valence-corrected chi connectivity index (χ3v) is 2.77. The number of nitrogens with two attached hydrogens (primary N) is 1. The Balaban J connectivity index is 2.22. The van der Waals surface area contributed by atoms with Crippen molar-refractivity contribution in [2.75, 3.05) is 16.4 Å². The van der Waals surface area contributed by atoms with Gasteiger partial charge in [-0.1, -0.05) is 23.7 Å². The second-order valence-corrected chi connectivity index (χ2v) is 4.35. The van der Waals surface area contributed by atoms with Gasteiger partial charge in [-0.3, -0.25) is 14.6 Å². The van der Waals surface area contributed by atoms with Crippen LogP contribution in [0.2, 0.25) is 5.02 Å². The van der Waals surface area contributed by atoms with E-state index in [2.05, 4.69) is 20.6 Å². The van der Waals surface area contributed by atoms with Crippen LogP contribution < -0.4 is 21.9 Å². The van der Waals surface area contributed by atoms with Gasteiger partial charge in [0.2, 0.25) is 12.4 Å². The zero-order valence-electron chi connectivity index (χ0n) is 10.3. The van der Waals surface area contributed by atoms with E-state index in [0.717, 1.165) is 5.56 Å². The van der Waals surface area contributed by atoms with Crippen LogP contribution in [0.25, 0.3) is 0 Å². The maximum Gasteiger partial charge on any atom is 0.278 e. The van der Waals surface area contributed by atoms with E-state index >= 15 is 0 Å². The number of H-pyrrole nitrogens is 1. The molecule has 104 valence electrons. The van der Waals surface area contributed by atoms with E-state index in [9.17, 15) is 9.59 Å². The molecule has 8 heteroatoms. The maximum absolute atomic E-state index is 11.7. The molecule has 0 fully saturated rings. The van der Waals surface area contributed by atoms with Gasteiger partial charge in [0.25, 0.3) is 5.56 Å². The van der Waals surface area contributed by atoms with Crippen LogP contribution in [0.1, 0.15) is 5.56 Å². The van der Waals surface area contributed by atoms with Crippen LogP contribution in [-0.4, -0.2) is 16.4 Å².